The number of rotatable bonds is 8. The van der Waals surface area contributed by atoms with E-state index in [9.17, 15) is 4.79 Å². The number of hydrogen-bond donors (Lipinski definition) is 2. The summed E-state index contributed by atoms with van der Waals surface area (Å²) in [5, 5.41) is 4.34. The molecule has 0 bridgehead atoms. The minimum Gasteiger partial charge on any atom is -0.361 e. The second-order valence-corrected chi connectivity index (χ2v) is 6.89. The van der Waals surface area contributed by atoms with Crippen molar-refractivity contribution in [1.82, 2.24) is 20.1 Å². The van der Waals surface area contributed by atoms with Gasteiger partial charge in [-0.2, -0.15) is 0 Å². The van der Waals surface area contributed by atoms with Crippen molar-refractivity contribution in [1.29, 1.82) is 0 Å². The maximum Gasteiger partial charge on any atom is 0.317 e. The topological polar surface area (TPSA) is 51.4 Å². The third kappa shape index (κ3) is 4.75. The highest BCUT2D eigenvalue weighted by molar-refractivity contribution is 5.86. The fourth-order valence-electron chi connectivity index (χ4n) is 3.46. The summed E-state index contributed by atoms with van der Waals surface area (Å²) in [5.74, 6) is 0. The van der Waals surface area contributed by atoms with E-state index in [0.29, 0.717) is 13.1 Å². The minimum atomic E-state index is 0.0194. The zero-order chi connectivity index (χ0) is 18.4. The van der Waals surface area contributed by atoms with Gasteiger partial charge in [-0.1, -0.05) is 25.1 Å². The first kappa shape index (κ1) is 19.3. The van der Waals surface area contributed by atoms with Gasteiger partial charge in [0.25, 0.3) is 0 Å². The van der Waals surface area contributed by atoms with Gasteiger partial charge in [-0.3, -0.25) is 0 Å². The number of aromatic nitrogens is 1. The highest BCUT2D eigenvalue weighted by Crippen LogP contribution is 2.22. The number of fused-ring (bicyclic) bond motifs is 1. The molecule has 0 unspecified atom stereocenters. The Kier molecular flexibility index (Phi) is 6.88. The van der Waals surface area contributed by atoms with Gasteiger partial charge in [0.05, 0.1) is 0 Å². The lowest BCUT2D eigenvalue weighted by molar-refractivity contribution is 0.169. The van der Waals surface area contributed by atoms with Crippen LogP contribution in [0.4, 0.5) is 4.79 Å². The van der Waals surface area contributed by atoms with E-state index in [2.05, 4.69) is 53.4 Å². The monoisotopic (exact) mass is 344 g/mol. The molecule has 0 fully saturated rings. The van der Waals surface area contributed by atoms with E-state index in [4.69, 9.17) is 0 Å². The van der Waals surface area contributed by atoms with Crippen LogP contribution in [0.15, 0.2) is 24.4 Å². The smallest absolute Gasteiger partial charge is 0.317 e. The van der Waals surface area contributed by atoms with Gasteiger partial charge in [0.2, 0.25) is 0 Å². The van der Waals surface area contributed by atoms with Gasteiger partial charge in [-0.25, -0.2) is 4.79 Å². The third-order valence-electron chi connectivity index (χ3n) is 4.70. The van der Waals surface area contributed by atoms with Crippen molar-refractivity contribution in [3.8, 4) is 0 Å². The molecule has 0 aliphatic heterocycles. The number of nitrogens with one attached hydrogen (secondary N) is 2. The fourth-order valence-corrected chi connectivity index (χ4v) is 3.46. The second-order valence-electron chi connectivity index (χ2n) is 6.89. The van der Waals surface area contributed by atoms with Crippen molar-refractivity contribution in [2.75, 3.05) is 33.7 Å². The predicted molar refractivity (Wildman–Crippen MR) is 105 cm³/mol. The number of likely N-dealkylation sites (N-methyl/N-ethyl adjacent to an activating group) is 2. The van der Waals surface area contributed by atoms with Crippen LogP contribution in [0.25, 0.3) is 10.9 Å². The number of benzene rings is 1. The molecule has 0 saturated carbocycles. The largest absolute Gasteiger partial charge is 0.361 e. The van der Waals surface area contributed by atoms with Crippen LogP contribution in [-0.2, 0) is 12.8 Å². The van der Waals surface area contributed by atoms with Gasteiger partial charge in [0.1, 0.15) is 0 Å². The maximum absolute atomic E-state index is 12.5. The number of para-hydroxylation sites is 1. The molecule has 0 aliphatic carbocycles. The molecular weight excluding hydrogens is 312 g/mol. The highest BCUT2D eigenvalue weighted by Gasteiger charge is 2.18. The molecule has 0 saturated heterocycles. The normalized spacial score (nSPS) is 12.6. The summed E-state index contributed by atoms with van der Waals surface area (Å²) in [6.07, 6.45) is 3.92. The molecule has 25 heavy (non-hydrogen) atoms. The molecule has 1 aromatic carbocycles. The van der Waals surface area contributed by atoms with E-state index in [0.717, 1.165) is 19.4 Å². The van der Waals surface area contributed by atoms with Gasteiger partial charge in [-0.15, -0.1) is 0 Å². The summed E-state index contributed by atoms with van der Waals surface area (Å²) in [6.45, 7) is 8.51. The fraction of sp³-hybridized carbons (Fsp3) is 0.550. The Hall–Kier alpha value is -2.01. The molecule has 2 rings (SSSR count). The van der Waals surface area contributed by atoms with Crippen LogP contribution < -0.4 is 5.32 Å². The molecule has 0 radical (unpaired) electrons. The van der Waals surface area contributed by atoms with Gasteiger partial charge in [0, 0.05) is 42.8 Å². The van der Waals surface area contributed by atoms with Crippen LogP contribution in [0.3, 0.4) is 0 Å². The molecule has 0 aliphatic rings. The van der Waals surface area contributed by atoms with E-state index < -0.39 is 0 Å². The van der Waals surface area contributed by atoms with Crippen LogP contribution in [0, 0.1) is 0 Å². The Bertz CT molecular complexity index is 692. The van der Waals surface area contributed by atoms with Crippen LogP contribution in [0.5, 0.6) is 0 Å². The lowest BCUT2D eigenvalue weighted by Crippen LogP contribution is -2.48. The molecule has 0 spiro atoms. The lowest BCUT2D eigenvalue weighted by Gasteiger charge is -2.30. The summed E-state index contributed by atoms with van der Waals surface area (Å²) in [7, 11) is 4.06. The van der Waals surface area contributed by atoms with Gasteiger partial charge in [-0.05, 0) is 51.9 Å². The summed E-state index contributed by atoms with van der Waals surface area (Å²) in [6, 6.07) is 6.64. The van der Waals surface area contributed by atoms with Crippen molar-refractivity contribution < 1.29 is 4.79 Å². The SMILES string of the molecule is CCc1cccc2c(CCNC(=O)N(CC)[C@H](C)CN(C)C)c[nH]c12. The Balaban J connectivity index is 1.95. The number of aromatic amines is 1. The first-order chi connectivity index (χ1) is 12.0. The Labute approximate surface area is 151 Å². The van der Waals surface area contributed by atoms with Crippen LogP contribution in [0.2, 0.25) is 0 Å². The number of H-pyrrole nitrogens is 1. The summed E-state index contributed by atoms with van der Waals surface area (Å²) in [5.41, 5.74) is 3.82. The van der Waals surface area contributed by atoms with Crippen LogP contribution in [-0.4, -0.2) is 60.6 Å². The van der Waals surface area contributed by atoms with Gasteiger partial charge in [0.15, 0.2) is 0 Å². The van der Waals surface area contributed by atoms with Crippen LogP contribution in [0.1, 0.15) is 31.9 Å². The van der Waals surface area contributed by atoms with E-state index in [1.54, 1.807) is 0 Å². The molecule has 138 valence electrons. The molecule has 5 nitrogen and oxygen atoms in total. The average molecular weight is 345 g/mol. The maximum atomic E-state index is 12.5. The molecule has 2 amide bonds. The average Bonchev–Trinajstić information content (AvgIpc) is 2.98. The Morgan fingerprint density at radius 1 is 1.24 bits per heavy atom. The number of hydrogen-bond acceptors (Lipinski definition) is 2. The first-order valence-electron chi connectivity index (χ1n) is 9.24. The minimum absolute atomic E-state index is 0.0194. The lowest BCUT2D eigenvalue weighted by atomic mass is 10.1. The van der Waals surface area contributed by atoms with Gasteiger partial charge < -0.3 is 20.1 Å². The zero-order valence-corrected chi connectivity index (χ0v) is 16.2. The van der Waals surface area contributed by atoms with Crippen molar-refractivity contribution >= 4 is 16.9 Å². The molecule has 1 atom stereocenters. The molecule has 2 N–H and O–H groups in total. The second kappa shape index (κ2) is 8.90. The number of amides is 2. The number of nitrogens with zero attached hydrogens (tertiary/aromatic N) is 2. The Morgan fingerprint density at radius 3 is 2.64 bits per heavy atom. The van der Waals surface area contributed by atoms with E-state index in [1.807, 2.05) is 25.9 Å². The molecule has 1 heterocycles. The zero-order valence-electron chi connectivity index (χ0n) is 16.2. The Morgan fingerprint density at radius 2 is 2.00 bits per heavy atom. The third-order valence-corrected chi connectivity index (χ3v) is 4.70. The highest BCUT2D eigenvalue weighted by atomic mass is 16.2. The first-order valence-corrected chi connectivity index (χ1v) is 9.24. The summed E-state index contributed by atoms with van der Waals surface area (Å²) < 4.78 is 0. The van der Waals surface area contributed by atoms with E-state index in [-0.39, 0.29) is 12.1 Å². The molecule has 2 aromatic rings. The van der Waals surface area contributed by atoms with E-state index >= 15 is 0 Å². The van der Waals surface area contributed by atoms with Crippen molar-refractivity contribution in [2.45, 2.75) is 39.7 Å². The van der Waals surface area contributed by atoms with Crippen molar-refractivity contribution in [3.05, 3.63) is 35.5 Å². The molecular formula is C20H32N4O. The summed E-state index contributed by atoms with van der Waals surface area (Å²) >= 11 is 0. The predicted octanol–water partition coefficient (Wildman–Crippen LogP) is 3.25. The molecule has 5 heteroatoms. The number of aryl methyl sites for hydroxylation is 1. The van der Waals surface area contributed by atoms with Crippen molar-refractivity contribution in [3.63, 3.8) is 0 Å². The van der Waals surface area contributed by atoms with Crippen LogP contribution >= 0.6 is 0 Å². The standard InChI is InChI=1S/C20H32N4O/c1-6-16-9-8-10-18-17(13-22-19(16)18)11-12-21-20(25)24(7-2)15(3)14-23(4)5/h8-10,13,15,22H,6-7,11-12,14H2,1-5H3,(H,21,25)/t15-/m1/s1. The number of urea groups is 1. The number of carbonyl (C=O) groups excluding carboxylic acids is 1. The quantitative estimate of drug-likeness (QED) is 0.772. The number of carbonyl (C=O) groups is 1. The van der Waals surface area contributed by atoms with Gasteiger partial charge >= 0.3 is 6.03 Å². The van der Waals surface area contributed by atoms with E-state index in [1.165, 1.54) is 22.0 Å². The van der Waals surface area contributed by atoms with Crippen molar-refractivity contribution in [2.24, 2.45) is 0 Å². The molecule has 1 aromatic heterocycles. The summed E-state index contributed by atoms with van der Waals surface area (Å²) in [4.78, 5) is 19.9.